The first-order chi connectivity index (χ1) is 18.9. The Kier molecular flexibility index (Phi) is 6.35. The monoisotopic (exact) mass is 583 g/mol. The molecule has 1 fully saturated rings. The van der Waals surface area contributed by atoms with Crippen LogP contribution < -0.4 is 9.80 Å². The van der Waals surface area contributed by atoms with Gasteiger partial charge in [-0.3, -0.25) is 10.1 Å². The summed E-state index contributed by atoms with van der Waals surface area (Å²) in [6.07, 6.45) is 0.366. The number of carbonyl (C=O) groups is 1. The number of fused-ring (bicyclic) bond motifs is 5. The van der Waals surface area contributed by atoms with Crippen LogP contribution in [0.5, 0.6) is 0 Å². The Morgan fingerprint density at radius 2 is 1.67 bits per heavy atom. The lowest BCUT2D eigenvalue weighted by Gasteiger charge is -2.44. The summed E-state index contributed by atoms with van der Waals surface area (Å²) in [5.74, 6) is -0.786. The fourth-order valence-corrected chi connectivity index (χ4v) is 6.62. The number of non-ortho nitro benzene ring substituents is 1. The van der Waals surface area contributed by atoms with Crippen molar-refractivity contribution in [3.05, 3.63) is 134 Å². The van der Waals surface area contributed by atoms with Crippen molar-refractivity contribution in [3.8, 4) is 0 Å². The lowest BCUT2D eigenvalue weighted by molar-refractivity contribution is -0.384. The minimum Gasteiger partial charge on any atom is -0.467 e. The molecule has 0 aliphatic carbocycles. The minimum atomic E-state index is -1.25. The van der Waals surface area contributed by atoms with E-state index < -0.39 is 11.5 Å². The number of benzene rings is 4. The van der Waals surface area contributed by atoms with Crippen LogP contribution in [0, 0.1) is 10.1 Å². The molecule has 6 rings (SSSR count). The summed E-state index contributed by atoms with van der Waals surface area (Å²) >= 11 is 3.54. The number of hydrogen-bond donors (Lipinski definition) is 0. The standard InChI is InChI=1S/C31H26BrN3O4/c1-39-30(36)31(22-10-6-3-7-11-22)27-19-29(34(31)24-14-12-23(32)13-15-24)33(20-21-8-4-2-5-9-21)28-17-16-25(35(37)38)18-26(27)28/h2-18,27,29H,19-20H2,1H3/t27-,29-,31-/m0/s1. The van der Waals surface area contributed by atoms with Crippen LogP contribution in [-0.2, 0) is 21.6 Å². The largest absolute Gasteiger partial charge is 0.467 e. The van der Waals surface area contributed by atoms with E-state index in [1.807, 2.05) is 78.9 Å². The van der Waals surface area contributed by atoms with E-state index in [9.17, 15) is 14.9 Å². The molecular formula is C31H26BrN3O4. The highest BCUT2D eigenvalue weighted by atomic mass is 79.9. The molecule has 2 bridgehead atoms. The molecule has 0 unspecified atom stereocenters. The Morgan fingerprint density at radius 3 is 2.31 bits per heavy atom. The number of nitro benzene ring substituents is 1. The average molecular weight is 584 g/mol. The lowest BCUT2D eigenvalue weighted by Crippen LogP contribution is -2.56. The maximum atomic E-state index is 14.2. The van der Waals surface area contributed by atoms with E-state index in [-0.39, 0.29) is 22.7 Å². The molecule has 2 heterocycles. The zero-order valence-electron chi connectivity index (χ0n) is 21.2. The smallest absolute Gasteiger partial charge is 0.337 e. The van der Waals surface area contributed by atoms with Crippen LogP contribution in [-0.4, -0.2) is 24.2 Å². The first-order valence-electron chi connectivity index (χ1n) is 12.7. The molecule has 8 heteroatoms. The van der Waals surface area contributed by atoms with Crippen LogP contribution in [0.15, 0.2) is 108 Å². The van der Waals surface area contributed by atoms with Gasteiger partial charge < -0.3 is 14.5 Å². The number of rotatable bonds is 6. The van der Waals surface area contributed by atoms with Gasteiger partial charge in [0.05, 0.1) is 12.0 Å². The van der Waals surface area contributed by atoms with Crippen molar-refractivity contribution in [1.29, 1.82) is 0 Å². The number of carbonyl (C=O) groups excluding carboxylic acids is 1. The predicted molar refractivity (Wildman–Crippen MR) is 154 cm³/mol. The molecule has 0 amide bonds. The minimum absolute atomic E-state index is 0.000722. The average Bonchev–Trinajstić information content (AvgIpc) is 3.29. The Hall–Kier alpha value is -4.17. The zero-order chi connectivity index (χ0) is 27.1. The summed E-state index contributed by atoms with van der Waals surface area (Å²) in [5.41, 5.74) is 3.16. The maximum absolute atomic E-state index is 14.2. The van der Waals surface area contributed by atoms with E-state index in [0.717, 1.165) is 32.5 Å². The highest BCUT2D eigenvalue weighted by Gasteiger charge is 2.64. The van der Waals surface area contributed by atoms with E-state index in [2.05, 4.69) is 37.9 Å². The highest BCUT2D eigenvalue weighted by molar-refractivity contribution is 9.10. The van der Waals surface area contributed by atoms with Crippen LogP contribution in [0.4, 0.5) is 17.1 Å². The van der Waals surface area contributed by atoms with Gasteiger partial charge in [0.1, 0.15) is 6.17 Å². The zero-order valence-corrected chi connectivity index (χ0v) is 22.8. The maximum Gasteiger partial charge on any atom is 0.337 e. The normalized spacial score (nSPS) is 21.4. The van der Waals surface area contributed by atoms with Crippen molar-refractivity contribution in [2.24, 2.45) is 0 Å². The molecule has 0 spiro atoms. The summed E-state index contributed by atoms with van der Waals surface area (Å²) in [5, 5.41) is 11.9. The molecule has 2 aliphatic heterocycles. The molecule has 196 valence electrons. The van der Waals surface area contributed by atoms with Crippen LogP contribution in [0.2, 0.25) is 0 Å². The molecule has 4 aromatic carbocycles. The fraction of sp³-hybridized carbons (Fsp3) is 0.194. The molecule has 0 radical (unpaired) electrons. The van der Waals surface area contributed by atoms with Gasteiger partial charge in [-0.2, -0.15) is 0 Å². The number of nitro groups is 1. The summed E-state index contributed by atoms with van der Waals surface area (Å²) in [4.78, 5) is 30.1. The van der Waals surface area contributed by atoms with Gasteiger partial charge in [0.25, 0.3) is 5.69 Å². The van der Waals surface area contributed by atoms with Gasteiger partial charge in [-0.1, -0.05) is 76.6 Å². The summed E-state index contributed by atoms with van der Waals surface area (Å²) < 4.78 is 6.51. The topological polar surface area (TPSA) is 75.9 Å². The third kappa shape index (κ3) is 3.98. The number of esters is 1. The number of ether oxygens (including phenoxy) is 1. The second-order valence-corrected chi connectivity index (χ2v) is 10.8. The summed E-state index contributed by atoms with van der Waals surface area (Å²) in [7, 11) is 1.41. The number of nitrogens with zero attached hydrogens (tertiary/aromatic N) is 3. The molecule has 2 aliphatic rings. The Bertz CT molecular complexity index is 1530. The second-order valence-electron chi connectivity index (χ2n) is 9.85. The van der Waals surface area contributed by atoms with Gasteiger partial charge in [-0.25, -0.2) is 4.79 Å². The van der Waals surface area contributed by atoms with E-state index in [1.165, 1.54) is 7.11 Å². The van der Waals surface area contributed by atoms with Crippen molar-refractivity contribution in [1.82, 2.24) is 0 Å². The van der Waals surface area contributed by atoms with Crippen LogP contribution in [0.3, 0.4) is 0 Å². The number of hydrogen-bond acceptors (Lipinski definition) is 6. The van der Waals surface area contributed by atoms with Gasteiger partial charge in [0.2, 0.25) is 0 Å². The van der Waals surface area contributed by atoms with Crippen molar-refractivity contribution in [2.75, 3.05) is 16.9 Å². The molecule has 0 N–H and O–H groups in total. The van der Waals surface area contributed by atoms with Gasteiger partial charge in [-0.15, -0.1) is 0 Å². The molecule has 0 aromatic heterocycles. The summed E-state index contributed by atoms with van der Waals surface area (Å²) in [6.45, 7) is 0.572. The summed E-state index contributed by atoms with van der Waals surface area (Å²) in [6, 6.07) is 32.7. The van der Waals surface area contributed by atoms with Crippen molar-refractivity contribution in [2.45, 2.75) is 30.6 Å². The number of anilines is 2. The fourth-order valence-electron chi connectivity index (χ4n) is 6.36. The van der Waals surface area contributed by atoms with Crippen LogP contribution >= 0.6 is 15.9 Å². The van der Waals surface area contributed by atoms with Crippen molar-refractivity contribution in [3.63, 3.8) is 0 Å². The molecule has 3 atom stereocenters. The predicted octanol–water partition coefficient (Wildman–Crippen LogP) is 6.77. The third-order valence-corrected chi connectivity index (χ3v) is 8.44. The third-order valence-electron chi connectivity index (χ3n) is 7.91. The first-order valence-corrected chi connectivity index (χ1v) is 13.5. The molecule has 39 heavy (non-hydrogen) atoms. The van der Waals surface area contributed by atoms with E-state index >= 15 is 0 Å². The molecule has 1 saturated heterocycles. The van der Waals surface area contributed by atoms with E-state index in [1.54, 1.807) is 12.1 Å². The Balaban J connectivity index is 1.66. The highest BCUT2D eigenvalue weighted by Crippen LogP contribution is 2.60. The van der Waals surface area contributed by atoms with Gasteiger partial charge in [0, 0.05) is 40.4 Å². The van der Waals surface area contributed by atoms with Crippen LogP contribution in [0.1, 0.15) is 29.0 Å². The number of methoxy groups -OCH3 is 1. The molecule has 4 aromatic rings. The molecule has 0 saturated carbocycles. The molecule has 7 nitrogen and oxygen atoms in total. The van der Waals surface area contributed by atoms with Crippen molar-refractivity contribution >= 4 is 39.0 Å². The second kappa shape index (κ2) is 9.85. The van der Waals surface area contributed by atoms with E-state index in [4.69, 9.17) is 4.74 Å². The van der Waals surface area contributed by atoms with Gasteiger partial charge in [-0.05, 0) is 53.4 Å². The Labute approximate surface area is 234 Å². The SMILES string of the molecule is COC(=O)[C@]1(c2ccccc2)[C@H]2C[C@@H](N(Cc3ccccc3)c3ccc([N+](=O)[O-])cc32)N1c1ccc(Br)cc1. The molecular weight excluding hydrogens is 558 g/mol. The van der Waals surface area contributed by atoms with E-state index in [0.29, 0.717) is 13.0 Å². The van der Waals surface area contributed by atoms with Crippen molar-refractivity contribution < 1.29 is 14.5 Å². The Morgan fingerprint density at radius 1 is 1.00 bits per heavy atom. The quantitative estimate of drug-likeness (QED) is 0.142. The van der Waals surface area contributed by atoms with Crippen LogP contribution in [0.25, 0.3) is 0 Å². The van der Waals surface area contributed by atoms with Gasteiger partial charge >= 0.3 is 5.97 Å². The van der Waals surface area contributed by atoms with Gasteiger partial charge in [0.15, 0.2) is 5.54 Å². The number of halogens is 1. The first kappa shape index (κ1) is 25.1. The lowest BCUT2D eigenvalue weighted by atomic mass is 9.73.